The number of halogens is 4. The molecule has 0 spiro atoms. The zero-order chi connectivity index (χ0) is 28.8. The zero-order valence-corrected chi connectivity index (χ0v) is 21.4. The number of anilines is 1. The first-order valence-electron chi connectivity index (χ1n) is 12.1. The number of nitro benzene ring substituents is 1. The molecule has 0 fully saturated rings. The van der Waals surface area contributed by atoms with Crippen LogP contribution >= 0.6 is 11.6 Å². The van der Waals surface area contributed by atoms with E-state index in [4.69, 9.17) is 17.3 Å². The maximum atomic E-state index is 14.1. The Bertz CT molecular complexity index is 1640. The van der Waals surface area contributed by atoms with Gasteiger partial charge in [-0.1, -0.05) is 60.1 Å². The number of Topliss-reactive ketones (excluding diaryl/α,β-unsaturated/α-hetero) is 1. The maximum absolute atomic E-state index is 14.1. The molecule has 2 aliphatic rings. The fourth-order valence-electron chi connectivity index (χ4n) is 5.48. The molecule has 202 valence electrons. The van der Waals surface area contributed by atoms with Crippen molar-refractivity contribution in [2.24, 2.45) is 5.73 Å². The number of hydrogen-bond acceptors (Lipinski definition) is 6. The number of nitro groups is 1. The van der Waals surface area contributed by atoms with E-state index in [2.05, 4.69) is 0 Å². The number of nitriles is 1. The Morgan fingerprint density at radius 1 is 1.05 bits per heavy atom. The number of carbonyl (C=O) groups is 1. The molecule has 0 radical (unpaired) electrons. The van der Waals surface area contributed by atoms with Crippen molar-refractivity contribution in [3.05, 3.63) is 127 Å². The Kier molecular flexibility index (Phi) is 6.85. The molecule has 0 unspecified atom stereocenters. The molecule has 5 rings (SSSR count). The van der Waals surface area contributed by atoms with E-state index < -0.39 is 34.1 Å². The largest absolute Gasteiger partial charge is 0.416 e. The molecule has 2 atom stereocenters. The van der Waals surface area contributed by atoms with Crippen molar-refractivity contribution in [2.45, 2.75) is 30.9 Å². The van der Waals surface area contributed by atoms with Crippen LogP contribution in [0.4, 0.5) is 24.5 Å². The molecule has 1 heterocycles. The third kappa shape index (κ3) is 4.58. The zero-order valence-electron chi connectivity index (χ0n) is 20.7. The molecule has 1 aliphatic heterocycles. The molecule has 0 bridgehead atoms. The minimum absolute atomic E-state index is 0.000744. The number of allylic oxidation sites excluding steroid dienone is 3. The van der Waals surface area contributed by atoms with Gasteiger partial charge in [-0.2, -0.15) is 18.4 Å². The van der Waals surface area contributed by atoms with E-state index in [-0.39, 0.29) is 57.7 Å². The number of carbonyl (C=O) groups excluding carboxylic acids is 1. The van der Waals surface area contributed by atoms with Gasteiger partial charge in [-0.15, -0.1) is 0 Å². The van der Waals surface area contributed by atoms with Gasteiger partial charge in [-0.3, -0.25) is 19.8 Å². The van der Waals surface area contributed by atoms with E-state index in [1.54, 1.807) is 0 Å². The highest BCUT2D eigenvalue weighted by molar-refractivity contribution is 6.32. The van der Waals surface area contributed by atoms with Crippen LogP contribution in [0.5, 0.6) is 0 Å². The predicted molar refractivity (Wildman–Crippen MR) is 142 cm³/mol. The van der Waals surface area contributed by atoms with Crippen LogP contribution in [0.15, 0.2) is 95.5 Å². The van der Waals surface area contributed by atoms with Crippen molar-refractivity contribution in [3.63, 3.8) is 0 Å². The third-order valence-corrected chi connectivity index (χ3v) is 7.52. The lowest BCUT2D eigenvalue weighted by Crippen LogP contribution is -2.40. The summed E-state index contributed by atoms with van der Waals surface area (Å²) < 4.78 is 42.4. The second-order valence-corrected chi connectivity index (χ2v) is 9.86. The molecule has 40 heavy (non-hydrogen) atoms. The van der Waals surface area contributed by atoms with Crippen molar-refractivity contribution in [3.8, 4) is 6.07 Å². The van der Waals surface area contributed by atoms with Crippen molar-refractivity contribution in [2.75, 3.05) is 4.90 Å². The van der Waals surface area contributed by atoms with Crippen molar-refractivity contribution >= 4 is 28.8 Å². The topological polar surface area (TPSA) is 113 Å². The summed E-state index contributed by atoms with van der Waals surface area (Å²) in [6.45, 7) is 0. The Balaban J connectivity index is 1.79. The number of benzene rings is 3. The minimum Gasteiger partial charge on any atom is -0.384 e. The highest BCUT2D eigenvalue weighted by Crippen LogP contribution is 2.51. The average molecular weight is 565 g/mol. The van der Waals surface area contributed by atoms with Gasteiger partial charge in [-0.25, -0.2) is 0 Å². The quantitative estimate of drug-likeness (QED) is 0.270. The van der Waals surface area contributed by atoms with Gasteiger partial charge < -0.3 is 5.73 Å². The van der Waals surface area contributed by atoms with Gasteiger partial charge in [0.15, 0.2) is 5.78 Å². The van der Waals surface area contributed by atoms with E-state index in [1.165, 1.54) is 35.2 Å². The van der Waals surface area contributed by atoms with Crippen molar-refractivity contribution < 1.29 is 22.9 Å². The first-order chi connectivity index (χ1) is 19.0. The first kappa shape index (κ1) is 27.0. The lowest BCUT2D eigenvalue weighted by molar-refractivity contribution is -0.384. The molecule has 0 saturated heterocycles. The summed E-state index contributed by atoms with van der Waals surface area (Å²) in [5, 5.41) is 21.7. The van der Waals surface area contributed by atoms with E-state index >= 15 is 0 Å². The highest BCUT2D eigenvalue weighted by atomic mass is 35.5. The van der Waals surface area contributed by atoms with Crippen molar-refractivity contribution in [1.29, 1.82) is 5.26 Å². The summed E-state index contributed by atoms with van der Waals surface area (Å²) >= 11 is 6.02. The Hall–Kier alpha value is -4.62. The van der Waals surface area contributed by atoms with Crippen LogP contribution in [-0.2, 0) is 11.0 Å². The number of ketones is 1. The van der Waals surface area contributed by atoms with E-state index in [9.17, 15) is 33.3 Å². The molecule has 0 saturated carbocycles. The van der Waals surface area contributed by atoms with Gasteiger partial charge in [-0.05, 0) is 41.7 Å². The van der Waals surface area contributed by atoms with Gasteiger partial charge >= 0.3 is 6.18 Å². The molecule has 0 aromatic heterocycles. The molecular formula is C29H20ClF3N4O3. The smallest absolute Gasteiger partial charge is 0.384 e. The number of nitrogens with two attached hydrogens (primary N) is 1. The van der Waals surface area contributed by atoms with E-state index in [0.717, 1.165) is 17.7 Å². The molecule has 3 aromatic rings. The normalized spacial score (nSPS) is 19.4. The van der Waals surface area contributed by atoms with Gasteiger partial charge in [0.05, 0.1) is 33.7 Å². The first-order valence-corrected chi connectivity index (χ1v) is 12.5. The van der Waals surface area contributed by atoms with Crippen LogP contribution < -0.4 is 10.6 Å². The summed E-state index contributed by atoms with van der Waals surface area (Å²) in [5.74, 6) is -2.38. The SMILES string of the molecule is N#CC1=C(N)N(c2ccc(Cl)c([N+](=O)[O-])c2)C2=C(C(=O)C[C@H](c3ccccc3)C2)[C@H]1c1ccccc1C(F)(F)F. The van der Waals surface area contributed by atoms with Gasteiger partial charge in [0.2, 0.25) is 0 Å². The van der Waals surface area contributed by atoms with Gasteiger partial charge in [0.25, 0.3) is 5.69 Å². The summed E-state index contributed by atoms with van der Waals surface area (Å²) in [4.78, 5) is 26.2. The Labute approximate surface area is 231 Å². The molecular weight excluding hydrogens is 545 g/mol. The van der Waals surface area contributed by atoms with Crippen LogP contribution in [-0.4, -0.2) is 10.7 Å². The Morgan fingerprint density at radius 3 is 2.38 bits per heavy atom. The van der Waals surface area contributed by atoms with E-state index in [0.29, 0.717) is 0 Å². The molecule has 0 amide bonds. The predicted octanol–water partition coefficient (Wildman–Crippen LogP) is 6.97. The Morgan fingerprint density at radius 2 is 1.73 bits per heavy atom. The number of rotatable bonds is 4. The van der Waals surface area contributed by atoms with Crippen LogP contribution in [0, 0.1) is 21.4 Å². The molecule has 3 aromatic carbocycles. The molecule has 2 N–H and O–H groups in total. The summed E-state index contributed by atoms with van der Waals surface area (Å²) in [5.41, 5.74) is 5.83. The number of hydrogen-bond donors (Lipinski definition) is 1. The number of alkyl halides is 3. The fourth-order valence-corrected chi connectivity index (χ4v) is 5.67. The fraction of sp³-hybridized carbons (Fsp3) is 0.172. The molecule has 7 nitrogen and oxygen atoms in total. The lowest BCUT2D eigenvalue weighted by Gasteiger charge is -2.42. The van der Waals surface area contributed by atoms with Gasteiger partial charge in [0.1, 0.15) is 10.8 Å². The lowest BCUT2D eigenvalue weighted by atomic mass is 9.71. The standard InChI is InChI=1S/C29H20ClF3N4O3/c30-22-11-10-18(14-23(22)37(39)40)36-24-12-17(16-6-2-1-3-7-16)13-25(38)27(24)26(20(15-34)28(36)35)19-8-4-5-9-21(19)29(31,32)33/h1-11,14,17,26H,12-13,35H2/t17-,26+/m1/s1. The summed E-state index contributed by atoms with van der Waals surface area (Å²) in [6.07, 6.45) is -4.57. The third-order valence-electron chi connectivity index (χ3n) is 7.20. The summed E-state index contributed by atoms with van der Waals surface area (Å²) in [6, 6.07) is 19.7. The van der Waals surface area contributed by atoms with Crippen LogP contribution in [0.25, 0.3) is 0 Å². The average Bonchev–Trinajstić information content (AvgIpc) is 2.92. The van der Waals surface area contributed by atoms with Crippen LogP contribution in [0.1, 0.15) is 41.4 Å². The molecule has 1 aliphatic carbocycles. The van der Waals surface area contributed by atoms with Crippen molar-refractivity contribution in [1.82, 2.24) is 0 Å². The van der Waals surface area contributed by atoms with E-state index in [1.807, 2.05) is 36.4 Å². The number of nitrogens with zero attached hydrogens (tertiary/aromatic N) is 3. The molecule has 11 heteroatoms. The second-order valence-electron chi connectivity index (χ2n) is 9.46. The van der Waals surface area contributed by atoms with Crippen LogP contribution in [0.3, 0.4) is 0 Å². The van der Waals surface area contributed by atoms with Gasteiger partial charge in [0, 0.05) is 23.8 Å². The summed E-state index contributed by atoms with van der Waals surface area (Å²) in [7, 11) is 0. The monoisotopic (exact) mass is 564 g/mol. The minimum atomic E-state index is -4.76. The second kappa shape index (κ2) is 10.2. The maximum Gasteiger partial charge on any atom is 0.416 e. The highest BCUT2D eigenvalue weighted by Gasteiger charge is 2.46. The van der Waals surface area contributed by atoms with Crippen LogP contribution in [0.2, 0.25) is 5.02 Å².